The molecule has 1 aliphatic rings. The van der Waals surface area contributed by atoms with Crippen LogP contribution in [-0.4, -0.2) is 34.8 Å². The molecule has 1 N–H and O–H groups in total. The molecule has 0 radical (unpaired) electrons. The van der Waals surface area contributed by atoms with Crippen LogP contribution in [0, 0.1) is 0 Å². The number of ether oxygens (including phenoxy) is 1. The first-order valence-electron chi connectivity index (χ1n) is 5.81. The summed E-state index contributed by atoms with van der Waals surface area (Å²) in [5.74, 6) is 1.08. The van der Waals surface area contributed by atoms with Crippen molar-refractivity contribution in [3.8, 4) is 0 Å². The summed E-state index contributed by atoms with van der Waals surface area (Å²) in [4.78, 5) is 11.3. The zero-order valence-corrected chi connectivity index (χ0v) is 11.3. The van der Waals surface area contributed by atoms with Gasteiger partial charge in [0.2, 0.25) is 0 Å². The lowest BCUT2D eigenvalue weighted by molar-refractivity contribution is -0.150. The van der Waals surface area contributed by atoms with E-state index in [2.05, 4.69) is 0 Å². The van der Waals surface area contributed by atoms with Gasteiger partial charge in [0.1, 0.15) is 6.10 Å². The van der Waals surface area contributed by atoms with Gasteiger partial charge >= 0.3 is 5.97 Å². The highest BCUT2D eigenvalue weighted by Gasteiger charge is 2.16. The zero-order valence-electron chi connectivity index (χ0n) is 9.68. The second-order valence-electron chi connectivity index (χ2n) is 4.06. The Bertz CT molecular complexity index is 205. The van der Waals surface area contributed by atoms with Crippen molar-refractivity contribution in [2.75, 3.05) is 12.4 Å². The summed E-state index contributed by atoms with van der Waals surface area (Å²) in [5, 5.41) is 9.51. The van der Waals surface area contributed by atoms with Crippen molar-refractivity contribution in [3.63, 3.8) is 0 Å². The first-order chi connectivity index (χ1) is 7.72. The van der Waals surface area contributed by atoms with Gasteiger partial charge in [0, 0.05) is 17.4 Å². The van der Waals surface area contributed by atoms with Crippen molar-refractivity contribution in [2.45, 2.75) is 50.4 Å². The van der Waals surface area contributed by atoms with Crippen LogP contribution in [0.1, 0.15) is 39.0 Å². The van der Waals surface area contributed by atoms with Crippen LogP contribution in [-0.2, 0) is 9.53 Å². The second kappa shape index (κ2) is 8.25. The minimum atomic E-state index is -0.366. The molecule has 2 unspecified atom stereocenters. The lowest BCUT2D eigenvalue weighted by atomic mass is 10.1. The van der Waals surface area contributed by atoms with Gasteiger partial charge in [-0.1, -0.05) is 28.0 Å². The van der Waals surface area contributed by atoms with E-state index in [0.717, 1.165) is 18.1 Å². The number of carbonyl (C=O) groups excluding carboxylic acids is 1. The smallest absolute Gasteiger partial charge is 0.306 e. The van der Waals surface area contributed by atoms with E-state index in [1.165, 1.54) is 18.6 Å². The van der Waals surface area contributed by atoms with Crippen molar-refractivity contribution in [1.82, 2.24) is 0 Å². The number of carbonyl (C=O) groups is 1. The maximum atomic E-state index is 11.3. The summed E-state index contributed by atoms with van der Waals surface area (Å²) in [7, 11) is 3.94. The first-order valence-corrected chi connectivity index (χ1v) is 8.19. The van der Waals surface area contributed by atoms with Crippen molar-refractivity contribution in [1.29, 1.82) is 0 Å². The van der Waals surface area contributed by atoms with E-state index in [9.17, 15) is 4.79 Å². The third-order valence-corrected chi connectivity index (χ3v) is 5.48. The van der Waals surface area contributed by atoms with Crippen molar-refractivity contribution >= 4 is 27.6 Å². The maximum Gasteiger partial charge on any atom is 0.306 e. The lowest BCUT2D eigenvalue weighted by Crippen LogP contribution is -2.18. The van der Waals surface area contributed by atoms with E-state index in [1.807, 2.05) is 21.6 Å². The number of rotatable bonds is 7. The molecule has 94 valence electrons. The molecule has 0 aromatic carbocycles. The Morgan fingerprint density at radius 2 is 2.38 bits per heavy atom. The van der Waals surface area contributed by atoms with E-state index in [0.29, 0.717) is 6.42 Å². The van der Waals surface area contributed by atoms with E-state index < -0.39 is 0 Å². The van der Waals surface area contributed by atoms with Gasteiger partial charge in [-0.2, -0.15) is 0 Å². The molecule has 16 heavy (non-hydrogen) atoms. The maximum absolute atomic E-state index is 11.3. The van der Waals surface area contributed by atoms with Crippen molar-refractivity contribution < 1.29 is 14.6 Å². The Morgan fingerprint density at radius 1 is 1.56 bits per heavy atom. The topological polar surface area (TPSA) is 46.5 Å². The monoisotopic (exact) mass is 264 g/mol. The van der Waals surface area contributed by atoms with Crippen LogP contribution in [0.5, 0.6) is 0 Å². The third-order valence-electron chi connectivity index (χ3n) is 2.47. The van der Waals surface area contributed by atoms with Crippen molar-refractivity contribution in [2.24, 2.45) is 0 Å². The summed E-state index contributed by atoms with van der Waals surface area (Å²) in [6.07, 6.45) is 4.63. The molecule has 1 aliphatic heterocycles. The third kappa shape index (κ3) is 6.01. The molecular weight excluding hydrogens is 244 g/mol. The molecular formula is C11H20O3S2. The van der Waals surface area contributed by atoms with E-state index in [1.54, 1.807) is 6.92 Å². The van der Waals surface area contributed by atoms with Crippen LogP contribution < -0.4 is 0 Å². The van der Waals surface area contributed by atoms with Crippen LogP contribution in [0.4, 0.5) is 0 Å². The highest BCUT2D eigenvalue weighted by Crippen LogP contribution is 2.39. The number of unbranched alkanes of at least 4 members (excludes halogenated alkanes) is 1. The minimum absolute atomic E-state index is 0.0956. The fourth-order valence-electron chi connectivity index (χ4n) is 1.53. The van der Waals surface area contributed by atoms with E-state index in [4.69, 9.17) is 9.84 Å². The molecule has 0 aliphatic carbocycles. The Hall–Kier alpha value is 0.130. The largest absolute Gasteiger partial charge is 0.460 e. The first kappa shape index (κ1) is 14.2. The molecule has 2 atom stereocenters. The van der Waals surface area contributed by atoms with Crippen LogP contribution in [0.2, 0.25) is 0 Å². The quantitative estimate of drug-likeness (QED) is 0.435. The molecule has 0 aromatic heterocycles. The normalized spacial score (nSPS) is 22.0. The summed E-state index contributed by atoms with van der Waals surface area (Å²) in [5.41, 5.74) is 0. The Balaban J connectivity index is 1.95. The molecule has 3 nitrogen and oxygen atoms in total. The standard InChI is InChI=1S/C11H20O3S2/c1-9(8-12)14-11(13)5-3-2-4-10-6-7-15-16-10/h9-10,12H,2-8H2,1H3. The fourth-order valence-corrected chi connectivity index (χ4v) is 4.55. The highest BCUT2D eigenvalue weighted by atomic mass is 33.1. The summed E-state index contributed by atoms with van der Waals surface area (Å²) < 4.78 is 4.97. The van der Waals surface area contributed by atoms with Crippen molar-refractivity contribution in [3.05, 3.63) is 0 Å². The van der Waals surface area contributed by atoms with Crippen LogP contribution in [0.3, 0.4) is 0 Å². The SMILES string of the molecule is CC(CO)OC(=O)CCCCC1CCSS1. The van der Waals surface area contributed by atoms with Crippen LogP contribution in [0.25, 0.3) is 0 Å². The van der Waals surface area contributed by atoms with Gasteiger partial charge in [0.25, 0.3) is 0 Å². The molecule has 5 heteroatoms. The number of aliphatic hydroxyl groups is 1. The van der Waals surface area contributed by atoms with Gasteiger partial charge < -0.3 is 9.84 Å². The Morgan fingerprint density at radius 3 is 3.00 bits per heavy atom. The second-order valence-corrected chi connectivity index (χ2v) is 6.85. The Kier molecular flexibility index (Phi) is 7.32. The molecule has 1 fully saturated rings. The number of hydrogen-bond donors (Lipinski definition) is 1. The molecule has 0 amide bonds. The van der Waals surface area contributed by atoms with Gasteiger partial charge in [0.15, 0.2) is 0 Å². The summed E-state index contributed by atoms with van der Waals surface area (Å²) in [6, 6.07) is 0. The average molecular weight is 264 g/mol. The lowest BCUT2D eigenvalue weighted by Gasteiger charge is -2.10. The van der Waals surface area contributed by atoms with Crippen LogP contribution >= 0.6 is 21.6 Å². The van der Waals surface area contributed by atoms with Gasteiger partial charge in [-0.3, -0.25) is 4.79 Å². The van der Waals surface area contributed by atoms with E-state index >= 15 is 0 Å². The minimum Gasteiger partial charge on any atom is -0.460 e. The van der Waals surface area contributed by atoms with Gasteiger partial charge in [-0.15, -0.1) is 0 Å². The molecule has 0 aromatic rings. The highest BCUT2D eigenvalue weighted by molar-refractivity contribution is 8.77. The molecule has 0 saturated carbocycles. The number of hydrogen-bond acceptors (Lipinski definition) is 5. The number of aliphatic hydroxyl groups excluding tert-OH is 1. The number of esters is 1. The molecule has 1 saturated heterocycles. The summed E-state index contributed by atoms with van der Waals surface area (Å²) >= 11 is 0. The Labute approximate surface area is 105 Å². The van der Waals surface area contributed by atoms with E-state index in [-0.39, 0.29) is 18.7 Å². The predicted molar refractivity (Wildman–Crippen MR) is 69.6 cm³/mol. The average Bonchev–Trinajstić information content (AvgIpc) is 2.77. The fraction of sp³-hybridized carbons (Fsp3) is 0.909. The molecule has 1 rings (SSSR count). The molecule has 0 bridgehead atoms. The summed E-state index contributed by atoms with van der Waals surface area (Å²) in [6.45, 7) is 1.60. The molecule has 1 heterocycles. The predicted octanol–water partition coefficient (Wildman–Crippen LogP) is 2.62. The molecule has 0 spiro atoms. The van der Waals surface area contributed by atoms with Gasteiger partial charge in [-0.05, 0) is 26.2 Å². The van der Waals surface area contributed by atoms with Gasteiger partial charge in [-0.25, -0.2) is 0 Å². The van der Waals surface area contributed by atoms with Gasteiger partial charge in [0.05, 0.1) is 6.61 Å². The van der Waals surface area contributed by atoms with Crippen LogP contribution in [0.15, 0.2) is 0 Å². The zero-order chi connectivity index (χ0) is 11.8.